The molecular weight excluding hydrogens is 328 g/mol. The molecular formula is C21H28N2OS. The molecule has 0 atom stereocenters. The van der Waals surface area contributed by atoms with Crippen molar-refractivity contribution in [1.29, 1.82) is 0 Å². The molecule has 2 saturated heterocycles. The highest BCUT2D eigenvalue weighted by atomic mass is 32.1. The average molecular weight is 357 g/mol. The zero-order valence-corrected chi connectivity index (χ0v) is 15.9. The summed E-state index contributed by atoms with van der Waals surface area (Å²) >= 11 is 1.81. The summed E-state index contributed by atoms with van der Waals surface area (Å²) in [6.07, 6.45) is 4.07. The number of thiophene rings is 1. The number of ether oxygens (including phenoxy) is 1. The van der Waals surface area contributed by atoms with Gasteiger partial charge in [-0.25, -0.2) is 0 Å². The number of benzene rings is 1. The van der Waals surface area contributed by atoms with Gasteiger partial charge in [0.1, 0.15) is 5.75 Å². The molecule has 2 aliphatic heterocycles. The van der Waals surface area contributed by atoms with Crippen molar-refractivity contribution in [2.24, 2.45) is 5.41 Å². The van der Waals surface area contributed by atoms with Crippen LogP contribution in [0.5, 0.6) is 5.75 Å². The van der Waals surface area contributed by atoms with Crippen LogP contribution in [-0.2, 0) is 13.1 Å². The summed E-state index contributed by atoms with van der Waals surface area (Å²) < 4.78 is 5.35. The molecule has 4 heteroatoms. The van der Waals surface area contributed by atoms with Gasteiger partial charge < -0.3 is 4.74 Å². The first kappa shape index (κ1) is 17.1. The van der Waals surface area contributed by atoms with Crippen LogP contribution in [0, 0.1) is 5.41 Å². The highest BCUT2D eigenvalue weighted by Gasteiger charge is 2.40. The third-order valence-electron chi connectivity index (χ3n) is 5.96. The number of hydrogen-bond donors (Lipinski definition) is 0. The summed E-state index contributed by atoms with van der Waals surface area (Å²) in [5.74, 6) is 0.964. The van der Waals surface area contributed by atoms with Gasteiger partial charge in [-0.3, -0.25) is 9.80 Å². The standard InChI is InChI=1S/C21H28N2OS/c1-24-20-4-2-3-18(13-20)14-22-9-6-21(7-10-22)8-11-23(17-21)15-19-5-12-25-16-19/h2-5,12-13,16H,6-11,14-15,17H2,1H3. The summed E-state index contributed by atoms with van der Waals surface area (Å²) in [6, 6.07) is 10.8. The molecule has 0 bridgehead atoms. The SMILES string of the molecule is COc1cccc(CN2CCC3(CC2)CCN(Cc2ccsc2)C3)c1. The first-order valence-electron chi connectivity index (χ1n) is 9.33. The van der Waals surface area contributed by atoms with Crippen LogP contribution < -0.4 is 4.74 Å². The maximum atomic E-state index is 5.35. The van der Waals surface area contributed by atoms with E-state index in [1.807, 2.05) is 17.4 Å². The molecule has 4 rings (SSSR count). The van der Waals surface area contributed by atoms with E-state index in [4.69, 9.17) is 4.74 Å². The van der Waals surface area contributed by atoms with Gasteiger partial charge in [0.05, 0.1) is 7.11 Å². The fourth-order valence-corrected chi connectivity index (χ4v) is 5.09. The van der Waals surface area contributed by atoms with E-state index < -0.39 is 0 Å². The lowest BCUT2D eigenvalue weighted by Crippen LogP contribution is -2.41. The zero-order valence-electron chi connectivity index (χ0n) is 15.1. The highest BCUT2D eigenvalue weighted by molar-refractivity contribution is 7.07. The fraction of sp³-hybridized carbons (Fsp3) is 0.524. The van der Waals surface area contributed by atoms with Crippen molar-refractivity contribution in [3.63, 3.8) is 0 Å². The molecule has 0 aliphatic carbocycles. The predicted molar refractivity (Wildman–Crippen MR) is 104 cm³/mol. The molecule has 1 spiro atoms. The Balaban J connectivity index is 1.29. The molecule has 2 aliphatic rings. The Labute approximate surface area is 155 Å². The topological polar surface area (TPSA) is 15.7 Å². The largest absolute Gasteiger partial charge is 0.497 e. The molecule has 0 saturated carbocycles. The van der Waals surface area contributed by atoms with Gasteiger partial charge in [0.2, 0.25) is 0 Å². The Bertz CT molecular complexity index is 677. The summed E-state index contributed by atoms with van der Waals surface area (Å²) in [6.45, 7) is 7.19. The minimum absolute atomic E-state index is 0.570. The Morgan fingerprint density at radius 3 is 2.48 bits per heavy atom. The number of methoxy groups -OCH3 is 1. The monoisotopic (exact) mass is 356 g/mol. The molecule has 2 aromatic rings. The van der Waals surface area contributed by atoms with E-state index in [1.54, 1.807) is 7.11 Å². The van der Waals surface area contributed by atoms with E-state index >= 15 is 0 Å². The lowest BCUT2D eigenvalue weighted by molar-refractivity contribution is 0.102. The molecule has 25 heavy (non-hydrogen) atoms. The summed E-state index contributed by atoms with van der Waals surface area (Å²) in [7, 11) is 1.74. The van der Waals surface area contributed by atoms with Crippen molar-refractivity contribution in [3.8, 4) is 5.75 Å². The van der Waals surface area contributed by atoms with E-state index in [2.05, 4.69) is 44.8 Å². The van der Waals surface area contributed by atoms with Gasteiger partial charge >= 0.3 is 0 Å². The van der Waals surface area contributed by atoms with Gasteiger partial charge in [0.25, 0.3) is 0 Å². The molecule has 0 radical (unpaired) electrons. The van der Waals surface area contributed by atoms with Crippen LogP contribution in [-0.4, -0.2) is 43.1 Å². The van der Waals surface area contributed by atoms with Gasteiger partial charge in [-0.15, -0.1) is 0 Å². The smallest absolute Gasteiger partial charge is 0.119 e. The molecule has 1 aromatic carbocycles. The van der Waals surface area contributed by atoms with Crippen molar-refractivity contribution in [1.82, 2.24) is 9.80 Å². The second-order valence-corrected chi connectivity index (χ2v) is 8.50. The summed E-state index contributed by atoms with van der Waals surface area (Å²) in [5.41, 5.74) is 3.42. The lowest BCUT2D eigenvalue weighted by atomic mass is 9.77. The molecule has 3 nitrogen and oxygen atoms in total. The number of piperidine rings is 1. The van der Waals surface area contributed by atoms with Gasteiger partial charge in [0.15, 0.2) is 0 Å². The maximum Gasteiger partial charge on any atom is 0.119 e. The second-order valence-electron chi connectivity index (χ2n) is 7.72. The van der Waals surface area contributed by atoms with E-state index in [1.165, 1.54) is 56.6 Å². The van der Waals surface area contributed by atoms with Crippen molar-refractivity contribution >= 4 is 11.3 Å². The van der Waals surface area contributed by atoms with Crippen LogP contribution in [0.15, 0.2) is 41.1 Å². The Hall–Kier alpha value is -1.36. The molecule has 0 unspecified atom stereocenters. The number of hydrogen-bond acceptors (Lipinski definition) is 4. The van der Waals surface area contributed by atoms with E-state index in [0.29, 0.717) is 5.41 Å². The van der Waals surface area contributed by atoms with E-state index in [0.717, 1.165) is 18.8 Å². The summed E-state index contributed by atoms with van der Waals surface area (Å²) in [5, 5.41) is 4.49. The fourth-order valence-electron chi connectivity index (χ4n) is 4.43. The maximum absolute atomic E-state index is 5.35. The number of rotatable bonds is 5. The van der Waals surface area contributed by atoms with Gasteiger partial charge in [-0.2, -0.15) is 11.3 Å². The van der Waals surface area contributed by atoms with Crippen LogP contribution in [0.4, 0.5) is 0 Å². The molecule has 0 amide bonds. The van der Waals surface area contributed by atoms with Crippen molar-refractivity contribution in [2.45, 2.75) is 32.4 Å². The minimum Gasteiger partial charge on any atom is -0.497 e. The zero-order chi connectivity index (χ0) is 17.1. The van der Waals surface area contributed by atoms with E-state index in [9.17, 15) is 0 Å². The average Bonchev–Trinajstić information content (AvgIpc) is 3.28. The summed E-state index contributed by atoms with van der Waals surface area (Å²) in [4.78, 5) is 5.28. The van der Waals surface area contributed by atoms with Crippen LogP contribution in [0.1, 0.15) is 30.4 Å². The lowest BCUT2D eigenvalue weighted by Gasteiger charge is -2.39. The van der Waals surface area contributed by atoms with Gasteiger partial charge in [0, 0.05) is 19.6 Å². The van der Waals surface area contributed by atoms with Crippen LogP contribution in [0.25, 0.3) is 0 Å². The second kappa shape index (κ2) is 7.48. The third-order valence-corrected chi connectivity index (χ3v) is 6.69. The van der Waals surface area contributed by atoms with Gasteiger partial charge in [-0.05, 0) is 84.4 Å². The number of nitrogens with zero attached hydrogens (tertiary/aromatic N) is 2. The van der Waals surface area contributed by atoms with Crippen molar-refractivity contribution in [2.75, 3.05) is 33.3 Å². The van der Waals surface area contributed by atoms with Crippen molar-refractivity contribution < 1.29 is 4.74 Å². The van der Waals surface area contributed by atoms with Crippen LogP contribution >= 0.6 is 11.3 Å². The Kier molecular flexibility index (Phi) is 5.11. The minimum atomic E-state index is 0.570. The van der Waals surface area contributed by atoms with Gasteiger partial charge in [-0.1, -0.05) is 12.1 Å². The molecule has 2 fully saturated rings. The highest BCUT2D eigenvalue weighted by Crippen LogP contribution is 2.41. The molecule has 1 aromatic heterocycles. The van der Waals surface area contributed by atoms with Crippen LogP contribution in [0.3, 0.4) is 0 Å². The predicted octanol–water partition coefficient (Wildman–Crippen LogP) is 4.24. The number of likely N-dealkylation sites (tertiary alicyclic amines) is 2. The Morgan fingerprint density at radius 1 is 1.00 bits per heavy atom. The Morgan fingerprint density at radius 2 is 1.76 bits per heavy atom. The van der Waals surface area contributed by atoms with Crippen molar-refractivity contribution in [3.05, 3.63) is 52.2 Å². The molecule has 0 N–H and O–H groups in total. The van der Waals surface area contributed by atoms with E-state index in [-0.39, 0.29) is 0 Å². The third kappa shape index (κ3) is 4.08. The van der Waals surface area contributed by atoms with Crippen LogP contribution in [0.2, 0.25) is 0 Å². The first-order valence-corrected chi connectivity index (χ1v) is 10.3. The quantitative estimate of drug-likeness (QED) is 0.797. The molecule has 134 valence electrons. The molecule has 3 heterocycles. The first-order chi connectivity index (χ1) is 12.2. The normalized spacial score (nSPS) is 21.0.